The predicted octanol–water partition coefficient (Wildman–Crippen LogP) is 11.4. The number of carbonyl (C=O) groups excluding carboxylic acids is 1. The number of alkyl halides is 3. The van der Waals surface area contributed by atoms with Gasteiger partial charge < -0.3 is 28.7 Å². The standard InChI is InChI=1S/C38H36N4O2.C20H23N3O2.C2HF3O/c1-28(2)44-33-18-19-35-34(27-33)37(29-20-21-39-36(26-29)41-22-24-43-25-23-41)40-42(35)38(30-12-6-3-7-13-30,31-14-8-4-9-15-31)32-16-10-5-11-17-32;1-14(2)25-17-4-3-16-13-22-20(18(16)12-17)15-5-6-21-19(11-15)23-7-9-24-10-8-23;3-2(4,5)1-6/h3-21,26-28H,22-25H2,1-2H3;3-6,11-12,14H,7-10,13H2,1-2H3;1H. The molecule has 0 atom stereocenters. The first-order valence-electron chi connectivity index (χ1n) is 25.2. The summed E-state index contributed by atoms with van der Waals surface area (Å²) >= 11 is 0. The zero-order valence-corrected chi connectivity index (χ0v) is 42.5. The minimum absolute atomic E-state index is 0.0526. The lowest BCUT2D eigenvalue weighted by Crippen LogP contribution is -2.38. The van der Waals surface area contributed by atoms with E-state index in [0.717, 1.165) is 125 Å². The fourth-order valence-corrected chi connectivity index (χ4v) is 9.63. The topological polar surface area (TPSA) is 116 Å². The van der Waals surface area contributed by atoms with Gasteiger partial charge in [0.25, 0.3) is 0 Å². The van der Waals surface area contributed by atoms with Gasteiger partial charge in [0, 0.05) is 60.6 Å². The van der Waals surface area contributed by atoms with E-state index in [1.807, 2.05) is 38.4 Å². The van der Waals surface area contributed by atoms with Gasteiger partial charge in [0.2, 0.25) is 6.29 Å². The zero-order chi connectivity index (χ0) is 52.4. The molecule has 0 bridgehead atoms. The minimum Gasteiger partial charge on any atom is -0.491 e. The van der Waals surface area contributed by atoms with Crippen LogP contribution in [-0.4, -0.2) is 103 Å². The van der Waals surface area contributed by atoms with Gasteiger partial charge in [0.05, 0.1) is 56.4 Å². The van der Waals surface area contributed by atoms with Gasteiger partial charge in [-0.15, -0.1) is 0 Å². The van der Waals surface area contributed by atoms with Crippen LogP contribution < -0.4 is 19.3 Å². The van der Waals surface area contributed by atoms with E-state index in [0.29, 0.717) is 13.2 Å². The molecule has 6 heterocycles. The molecule has 0 aliphatic carbocycles. The third-order valence-electron chi connectivity index (χ3n) is 12.9. The molecule has 0 radical (unpaired) electrons. The number of aliphatic imine (C=N–C) groups is 1. The fourth-order valence-electron chi connectivity index (χ4n) is 9.63. The number of morpholine rings is 2. The Labute approximate surface area is 435 Å². The maximum atomic E-state index is 10.4. The first kappa shape index (κ1) is 52.0. The molecule has 3 aromatic heterocycles. The number of hydrogen-bond acceptors (Lipinski definition) is 11. The molecule has 3 aliphatic heterocycles. The average molecular weight is 1020 g/mol. The van der Waals surface area contributed by atoms with E-state index in [4.69, 9.17) is 38.8 Å². The maximum Gasteiger partial charge on any atom is 0.446 e. The number of hydrogen-bond donors (Lipinski definition) is 0. The van der Waals surface area contributed by atoms with Crippen molar-refractivity contribution in [1.29, 1.82) is 0 Å². The summed E-state index contributed by atoms with van der Waals surface area (Å²) in [4.78, 5) is 27.3. The van der Waals surface area contributed by atoms with Gasteiger partial charge in [-0.05, 0) is 105 Å². The molecule has 0 amide bonds. The van der Waals surface area contributed by atoms with Gasteiger partial charge in [-0.25, -0.2) is 14.6 Å². The van der Waals surface area contributed by atoms with Crippen LogP contribution in [0.3, 0.4) is 0 Å². The van der Waals surface area contributed by atoms with Gasteiger partial charge in [-0.2, -0.15) is 18.3 Å². The molecule has 2 fully saturated rings. The lowest BCUT2D eigenvalue weighted by atomic mass is 9.77. The van der Waals surface area contributed by atoms with Crippen molar-refractivity contribution >= 4 is 34.5 Å². The Morgan fingerprint density at radius 1 is 0.587 bits per heavy atom. The third-order valence-corrected chi connectivity index (χ3v) is 12.9. The van der Waals surface area contributed by atoms with Crippen LogP contribution in [-0.2, 0) is 26.4 Å². The van der Waals surface area contributed by atoms with E-state index >= 15 is 0 Å². The van der Waals surface area contributed by atoms with Crippen LogP contribution in [0, 0.1) is 0 Å². The number of fused-ring (bicyclic) bond motifs is 2. The van der Waals surface area contributed by atoms with Crippen molar-refractivity contribution in [2.24, 2.45) is 4.99 Å². The van der Waals surface area contributed by atoms with Crippen molar-refractivity contribution in [1.82, 2.24) is 19.7 Å². The van der Waals surface area contributed by atoms with Crippen molar-refractivity contribution in [2.45, 2.75) is 58.2 Å². The summed E-state index contributed by atoms with van der Waals surface area (Å²) in [6.45, 7) is 15.2. The summed E-state index contributed by atoms with van der Waals surface area (Å²) in [5, 5.41) is 6.58. The van der Waals surface area contributed by atoms with Gasteiger partial charge in [-0.3, -0.25) is 9.79 Å². The minimum atomic E-state index is -4.64. The second-order valence-corrected chi connectivity index (χ2v) is 18.7. The Kier molecular flexibility index (Phi) is 16.3. The smallest absolute Gasteiger partial charge is 0.446 e. The lowest BCUT2D eigenvalue weighted by molar-refractivity contribution is -0.156. The molecule has 0 saturated carbocycles. The van der Waals surface area contributed by atoms with E-state index in [-0.39, 0.29) is 12.2 Å². The Bertz CT molecular complexity index is 3100. The van der Waals surface area contributed by atoms with Crippen molar-refractivity contribution in [3.8, 4) is 22.8 Å². The first-order valence-corrected chi connectivity index (χ1v) is 25.2. The summed E-state index contributed by atoms with van der Waals surface area (Å²) in [5.74, 6) is 3.64. The second kappa shape index (κ2) is 23.5. The van der Waals surface area contributed by atoms with Crippen LogP contribution in [0.25, 0.3) is 22.2 Å². The molecule has 8 aromatic rings. The molecule has 3 aliphatic rings. The highest BCUT2D eigenvalue weighted by Gasteiger charge is 2.41. The molecule has 75 heavy (non-hydrogen) atoms. The van der Waals surface area contributed by atoms with E-state index < -0.39 is 18.0 Å². The zero-order valence-electron chi connectivity index (χ0n) is 42.5. The van der Waals surface area contributed by atoms with Crippen LogP contribution in [0.15, 0.2) is 169 Å². The molecule has 0 N–H and O–H groups in total. The molecule has 11 rings (SSSR count). The Morgan fingerprint density at radius 3 is 1.55 bits per heavy atom. The number of aldehydes is 1. The highest BCUT2D eigenvalue weighted by molar-refractivity contribution is 6.15. The van der Waals surface area contributed by atoms with Gasteiger partial charge in [0.1, 0.15) is 34.4 Å². The normalized spacial score (nSPS) is 14.6. The van der Waals surface area contributed by atoms with E-state index in [1.165, 1.54) is 5.56 Å². The van der Waals surface area contributed by atoms with Crippen molar-refractivity contribution in [3.63, 3.8) is 0 Å². The molecule has 0 spiro atoms. The quantitative estimate of drug-likeness (QED) is 0.0865. The number of ether oxygens (including phenoxy) is 4. The van der Waals surface area contributed by atoms with Crippen molar-refractivity contribution in [3.05, 3.63) is 197 Å². The summed E-state index contributed by atoms with van der Waals surface area (Å²) < 4.78 is 56.6. The maximum absolute atomic E-state index is 10.4. The van der Waals surface area contributed by atoms with E-state index in [1.54, 1.807) is 0 Å². The number of pyridine rings is 2. The Balaban J connectivity index is 0.000000186. The monoisotopic (exact) mass is 1020 g/mol. The van der Waals surface area contributed by atoms with E-state index in [9.17, 15) is 13.2 Å². The molecule has 5 aromatic carbocycles. The van der Waals surface area contributed by atoms with Gasteiger partial charge in [0.15, 0.2) is 0 Å². The summed E-state index contributed by atoms with van der Waals surface area (Å²) in [6.07, 6.45) is -1.73. The Hall–Kier alpha value is -7.88. The van der Waals surface area contributed by atoms with Crippen LogP contribution in [0.1, 0.15) is 61.1 Å². The highest BCUT2D eigenvalue weighted by Crippen LogP contribution is 2.45. The van der Waals surface area contributed by atoms with Crippen LogP contribution >= 0.6 is 0 Å². The number of aromatic nitrogens is 4. The third kappa shape index (κ3) is 12.1. The van der Waals surface area contributed by atoms with Crippen LogP contribution in [0.2, 0.25) is 0 Å². The highest BCUT2D eigenvalue weighted by atomic mass is 19.4. The fraction of sp³-hybridized carbons (Fsp3) is 0.283. The lowest BCUT2D eigenvalue weighted by Gasteiger charge is -2.37. The van der Waals surface area contributed by atoms with Gasteiger partial charge in [-0.1, -0.05) is 97.1 Å². The number of benzene rings is 5. The molecular weight excluding hydrogens is 956 g/mol. The number of nitrogens with zero attached hydrogens (tertiary/aromatic N) is 7. The summed E-state index contributed by atoms with van der Waals surface area (Å²) in [5.41, 5.74) is 10.1. The first-order chi connectivity index (χ1) is 36.4. The van der Waals surface area contributed by atoms with E-state index in [2.05, 4.69) is 173 Å². The largest absolute Gasteiger partial charge is 0.491 e. The molecule has 2 saturated heterocycles. The van der Waals surface area contributed by atoms with Crippen LogP contribution in [0.5, 0.6) is 11.5 Å². The second-order valence-electron chi connectivity index (χ2n) is 18.7. The number of rotatable bonds is 12. The average Bonchev–Trinajstić information content (AvgIpc) is 4.14. The molecule has 0 unspecified atom stereocenters. The molecule has 15 heteroatoms. The van der Waals surface area contributed by atoms with Crippen molar-refractivity contribution < 1.29 is 36.9 Å². The Morgan fingerprint density at radius 2 is 1.05 bits per heavy atom. The molecular formula is C60H60F3N7O5. The SMILES string of the molecule is CC(C)Oc1ccc2c(c1)C(c1ccnc(N3CCOCC3)c1)=NC2.CC(C)Oc1ccc2c(c1)c(-c1ccnc(N3CCOCC3)c1)nn2C(c1ccccc1)(c1ccccc1)c1ccccc1.O=CC(F)(F)F. The van der Waals surface area contributed by atoms with Crippen molar-refractivity contribution in [2.75, 3.05) is 62.4 Å². The summed E-state index contributed by atoms with van der Waals surface area (Å²) in [6, 6.07) is 53.0. The number of anilines is 2. The predicted molar refractivity (Wildman–Crippen MR) is 287 cm³/mol. The molecule has 386 valence electrons. The number of carbonyl (C=O) groups is 1. The van der Waals surface area contributed by atoms with Gasteiger partial charge >= 0.3 is 6.18 Å². The summed E-state index contributed by atoms with van der Waals surface area (Å²) in [7, 11) is 0. The number of halogens is 3. The van der Waals surface area contributed by atoms with Crippen LogP contribution in [0.4, 0.5) is 24.8 Å². The molecule has 12 nitrogen and oxygen atoms in total.